The lowest BCUT2D eigenvalue weighted by molar-refractivity contribution is -0.117. The van der Waals surface area contributed by atoms with Crippen LogP contribution in [0.3, 0.4) is 0 Å². The lowest BCUT2D eigenvalue weighted by atomic mass is 10.1. The molecule has 0 aliphatic heterocycles. The van der Waals surface area contributed by atoms with Crippen molar-refractivity contribution in [3.8, 4) is 11.5 Å². The largest absolute Gasteiger partial charge is 0.493 e. The number of aryl methyl sites for hydroxylation is 1. The van der Waals surface area contributed by atoms with Crippen LogP contribution < -0.4 is 15.0 Å². The molecule has 0 N–H and O–H groups in total. The van der Waals surface area contributed by atoms with Crippen LogP contribution in [-0.4, -0.2) is 29.6 Å². The fraction of sp³-hybridized carbons (Fsp3) is 0.381. The predicted octanol–water partition coefficient (Wildman–Crippen LogP) is 3.61. The van der Waals surface area contributed by atoms with Crippen molar-refractivity contribution in [1.29, 1.82) is 0 Å². The van der Waals surface area contributed by atoms with Gasteiger partial charge in [0.05, 0.1) is 19.6 Å². The molecule has 0 fully saturated rings. The quantitative estimate of drug-likeness (QED) is 0.578. The molecule has 0 unspecified atom stereocenters. The fourth-order valence-electron chi connectivity index (χ4n) is 3.09. The highest BCUT2D eigenvalue weighted by Crippen LogP contribution is 2.29. The zero-order chi connectivity index (χ0) is 20.3. The van der Waals surface area contributed by atoms with E-state index in [1.165, 1.54) is 6.92 Å². The van der Waals surface area contributed by atoms with E-state index in [0.717, 1.165) is 21.7 Å². The first kappa shape index (κ1) is 20.1. The van der Waals surface area contributed by atoms with Crippen LogP contribution in [0, 0.1) is 0 Å². The summed E-state index contributed by atoms with van der Waals surface area (Å²) in [5.41, 5.74) is 0.866. The van der Waals surface area contributed by atoms with Crippen molar-refractivity contribution in [3.63, 3.8) is 0 Å². The molecular formula is C21H24N2O4S. The van der Waals surface area contributed by atoms with Gasteiger partial charge in [-0.05, 0) is 37.1 Å². The molecule has 3 rings (SSSR count). The molecule has 0 saturated carbocycles. The molecule has 0 aliphatic carbocycles. The summed E-state index contributed by atoms with van der Waals surface area (Å²) in [4.78, 5) is 31.2. The van der Waals surface area contributed by atoms with E-state index in [9.17, 15) is 9.59 Å². The lowest BCUT2D eigenvalue weighted by Gasteiger charge is -2.13. The van der Waals surface area contributed by atoms with Crippen LogP contribution in [0.15, 0.2) is 29.1 Å². The van der Waals surface area contributed by atoms with E-state index in [1.807, 2.05) is 24.3 Å². The molecule has 0 atom stereocenters. The van der Waals surface area contributed by atoms with Crippen molar-refractivity contribution in [2.75, 3.05) is 14.2 Å². The molecule has 6 nitrogen and oxygen atoms in total. The van der Waals surface area contributed by atoms with Crippen molar-refractivity contribution in [2.45, 2.75) is 39.7 Å². The molecule has 28 heavy (non-hydrogen) atoms. The molecule has 7 heteroatoms. The van der Waals surface area contributed by atoms with Crippen molar-refractivity contribution >= 4 is 27.3 Å². The summed E-state index contributed by atoms with van der Waals surface area (Å²) in [5.74, 6) is 1.97. The van der Waals surface area contributed by atoms with Crippen LogP contribution >= 0.6 is 11.3 Å². The number of aromatic nitrogens is 2. The Morgan fingerprint density at radius 1 is 1.18 bits per heavy atom. The Balaban J connectivity index is 2.08. The average molecular weight is 401 g/mol. The molecule has 0 bridgehead atoms. The van der Waals surface area contributed by atoms with E-state index in [2.05, 4.69) is 6.92 Å². The van der Waals surface area contributed by atoms with E-state index in [0.29, 0.717) is 42.1 Å². The molecule has 0 spiro atoms. The number of methoxy groups -OCH3 is 2. The molecule has 148 valence electrons. The van der Waals surface area contributed by atoms with Crippen molar-refractivity contribution < 1.29 is 14.3 Å². The number of carbonyl (C=O) groups excluding carboxylic acids is 1. The van der Waals surface area contributed by atoms with Gasteiger partial charge in [0.1, 0.15) is 16.4 Å². The van der Waals surface area contributed by atoms with Gasteiger partial charge in [-0.2, -0.15) is 0 Å². The van der Waals surface area contributed by atoms with Crippen LogP contribution in [-0.2, 0) is 24.2 Å². The number of thiophene rings is 1. The Kier molecular flexibility index (Phi) is 6.14. The van der Waals surface area contributed by atoms with Crippen molar-refractivity contribution in [3.05, 3.63) is 50.9 Å². The van der Waals surface area contributed by atoms with E-state index in [1.54, 1.807) is 30.1 Å². The number of ketones is 1. The fourth-order valence-corrected chi connectivity index (χ4v) is 4.07. The third-order valence-electron chi connectivity index (χ3n) is 4.63. The Morgan fingerprint density at radius 3 is 2.57 bits per heavy atom. The molecule has 0 saturated heterocycles. The zero-order valence-electron chi connectivity index (χ0n) is 16.6. The van der Waals surface area contributed by atoms with Gasteiger partial charge in [-0.25, -0.2) is 4.98 Å². The van der Waals surface area contributed by atoms with Crippen molar-refractivity contribution in [1.82, 2.24) is 9.55 Å². The summed E-state index contributed by atoms with van der Waals surface area (Å²) in [6, 6.07) is 7.57. The van der Waals surface area contributed by atoms with E-state index >= 15 is 0 Å². The number of nitrogens with zero attached hydrogens (tertiary/aromatic N) is 2. The molecule has 0 aliphatic rings. The number of Topliss-reactive ketones (excluding diaryl/α,β-unsaturated/α-hetero) is 1. The van der Waals surface area contributed by atoms with Crippen LogP contribution in [0.5, 0.6) is 11.5 Å². The second-order valence-electron chi connectivity index (χ2n) is 6.59. The highest BCUT2D eigenvalue weighted by Gasteiger charge is 2.15. The highest BCUT2D eigenvalue weighted by molar-refractivity contribution is 7.18. The number of hydrogen-bond acceptors (Lipinski definition) is 6. The second kappa shape index (κ2) is 8.56. The summed E-state index contributed by atoms with van der Waals surface area (Å²) in [6.45, 7) is 3.92. The molecule has 0 radical (unpaired) electrons. The van der Waals surface area contributed by atoms with Gasteiger partial charge < -0.3 is 9.47 Å². The smallest absolute Gasteiger partial charge is 0.262 e. The maximum absolute atomic E-state index is 13.1. The first-order chi connectivity index (χ1) is 13.5. The Morgan fingerprint density at radius 2 is 1.93 bits per heavy atom. The molecule has 2 aromatic heterocycles. The number of carbonyl (C=O) groups is 1. The monoisotopic (exact) mass is 400 g/mol. The van der Waals surface area contributed by atoms with Crippen LogP contribution in [0.25, 0.3) is 10.2 Å². The van der Waals surface area contributed by atoms with Gasteiger partial charge in [-0.3, -0.25) is 14.2 Å². The van der Waals surface area contributed by atoms with Gasteiger partial charge >= 0.3 is 0 Å². The Labute approximate surface area is 167 Å². The third kappa shape index (κ3) is 4.09. The molecule has 1 aromatic carbocycles. The minimum atomic E-state index is -0.0855. The van der Waals surface area contributed by atoms with Gasteiger partial charge in [-0.15, -0.1) is 11.3 Å². The van der Waals surface area contributed by atoms with Gasteiger partial charge in [0, 0.05) is 24.3 Å². The molecule has 0 amide bonds. The maximum Gasteiger partial charge on any atom is 0.262 e. The molecule has 2 heterocycles. The van der Waals surface area contributed by atoms with E-state index in [4.69, 9.17) is 14.5 Å². The summed E-state index contributed by atoms with van der Waals surface area (Å²) < 4.78 is 12.3. The number of rotatable bonds is 8. The summed E-state index contributed by atoms with van der Waals surface area (Å²) >= 11 is 1.55. The highest BCUT2D eigenvalue weighted by atomic mass is 32.1. The minimum Gasteiger partial charge on any atom is -0.493 e. The minimum absolute atomic E-state index is 0.0450. The van der Waals surface area contributed by atoms with Crippen LogP contribution in [0.4, 0.5) is 0 Å². The normalized spacial score (nSPS) is 11.0. The average Bonchev–Trinajstić information content (AvgIpc) is 3.11. The van der Waals surface area contributed by atoms with Crippen LogP contribution in [0.2, 0.25) is 0 Å². The zero-order valence-corrected chi connectivity index (χ0v) is 17.4. The number of ether oxygens (including phenoxy) is 2. The second-order valence-corrected chi connectivity index (χ2v) is 7.70. The van der Waals surface area contributed by atoms with Gasteiger partial charge in [-0.1, -0.05) is 13.0 Å². The number of hydrogen-bond donors (Lipinski definition) is 0. The first-order valence-electron chi connectivity index (χ1n) is 9.19. The topological polar surface area (TPSA) is 70.4 Å². The Bertz CT molecular complexity index is 1070. The summed E-state index contributed by atoms with van der Waals surface area (Å²) in [6.07, 6.45) is 1.62. The van der Waals surface area contributed by atoms with E-state index < -0.39 is 0 Å². The predicted molar refractivity (Wildman–Crippen MR) is 111 cm³/mol. The Hall–Kier alpha value is -2.67. The lowest BCUT2D eigenvalue weighted by Crippen LogP contribution is -2.26. The van der Waals surface area contributed by atoms with E-state index in [-0.39, 0.29) is 11.3 Å². The molecule has 3 aromatic rings. The summed E-state index contributed by atoms with van der Waals surface area (Å²) in [5, 5.41) is 0.626. The van der Waals surface area contributed by atoms with Gasteiger partial charge in [0.25, 0.3) is 5.56 Å². The molecular weight excluding hydrogens is 376 g/mol. The first-order valence-corrected chi connectivity index (χ1v) is 10.0. The number of benzene rings is 1. The van der Waals surface area contributed by atoms with Gasteiger partial charge in [0.15, 0.2) is 11.5 Å². The third-order valence-corrected chi connectivity index (χ3v) is 5.80. The van der Waals surface area contributed by atoms with Gasteiger partial charge in [0.2, 0.25) is 0 Å². The SMILES string of the molecule is CCc1cc2c(=O)n(CCC(C)=O)c(Cc3ccc(OC)c(OC)c3)nc2s1. The maximum atomic E-state index is 13.1. The number of fused-ring (bicyclic) bond motifs is 1. The standard InChI is InChI=1S/C21H24N2O4S/c1-5-15-12-16-20(28-15)22-19(23(21(16)25)9-8-13(2)24)11-14-6-7-17(26-3)18(10-14)27-4/h6-7,10,12H,5,8-9,11H2,1-4H3. The summed E-state index contributed by atoms with van der Waals surface area (Å²) in [7, 11) is 3.18. The van der Waals surface area contributed by atoms with Crippen molar-refractivity contribution in [2.24, 2.45) is 0 Å². The van der Waals surface area contributed by atoms with Crippen LogP contribution in [0.1, 0.15) is 36.5 Å².